The molecule has 0 aliphatic heterocycles. The molecule has 1 unspecified atom stereocenters. The summed E-state index contributed by atoms with van der Waals surface area (Å²) in [6.45, 7) is 5.65. The molecule has 0 radical (unpaired) electrons. The summed E-state index contributed by atoms with van der Waals surface area (Å²) < 4.78 is -0.202. The molecule has 2 N–H and O–H groups in total. The minimum atomic E-state index is -0.202. The molecule has 0 aromatic rings. The lowest BCUT2D eigenvalue weighted by molar-refractivity contribution is -0.119. The maximum atomic E-state index is 11.5. The standard InChI is InChI=1S/C11H22N2O2S2/c1-8(15)10(13-5)11(2,3)17-16-7-9(6-14)12-4/h6,9-10,12-13H,7H2,1-5H3/t9-,10?/m1/s1. The first-order chi connectivity index (χ1) is 7.88. The summed E-state index contributed by atoms with van der Waals surface area (Å²) in [6.07, 6.45) is 0.904. The van der Waals surface area contributed by atoms with Crippen molar-refractivity contribution in [3.63, 3.8) is 0 Å². The first-order valence-electron chi connectivity index (χ1n) is 5.50. The van der Waals surface area contributed by atoms with E-state index in [4.69, 9.17) is 0 Å². The molecule has 0 bridgehead atoms. The van der Waals surface area contributed by atoms with E-state index in [2.05, 4.69) is 10.6 Å². The smallest absolute Gasteiger partial charge is 0.148 e. The van der Waals surface area contributed by atoms with Crippen LogP contribution in [0.1, 0.15) is 20.8 Å². The highest BCUT2D eigenvalue weighted by Crippen LogP contribution is 2.38. The van der Waals surface area contributed by atoms with E-state index < -0.39 is 0 Å². The second kappa shape index (κ2) is 8.13. The molecule has 0 spiro atoms. The van der Waals surface area contributed by atoms with Crippen molar-refractivity contribution in [2.75, 3.05) is 19.8 Å². The molecule has 0 heterocycles. The number of Topliss-reactive ketones (excluding diaryl/α,β-unsaturated/α-hetero) is 1. The molecule has 100 valence electrons. The van der Waals surface area contributed by atoms with E-state index in [0.717, 1.165) is 6.29 Å². The molecule has 0 aromatic heterocycles. The number of hydrogen-bond acceptors (Lipinski definition) is 6. The van der Waals surface area contributed by atoms with Crippen LogP contribution in [0, 0.1) is 0 Å². The molecule has 0 fully saturated rings. The number of carbonyl (C=O) groups excluding carboxylic acids is 2. The number of aldehydes is 1. The maximum Gasteiger partial charge on any atom is 0.148 e. The number of carbonyl (C=O) groups is 2. The van der Waals surface area contributed by atoms with Gasteiger partial charge in [0.1, 0.15) is 12.1 Å². The molecule has 0 aromatic carbocycles. The van der Waals surface area contributed by atoms with Crippen molar-refractivity contribution in [2.45, 2.75) is 37.6 Å². The molecular formula is C11H22N2O2S2. The van der Waals surface area contributed by atoms with Crippen LogP contribution in [-0.2, 0) is 9.59 Å². The lowest BCUT2D eigenvalue weighted by atomic mass is 10.0. The summed E-state index contributed by atoms with van der Waals surface area (Å²) in [5.41, 5.74) is 0. The van der Waals surface area contributed by atoms with E-state index in [1.807, 2.05) is 13.8 Å². The normalized spacial score (nSPS) is 15.4. The Morgan fingerprint density at radius 1 is 1.35 bits per heavy atom. The number of ketones is 1. The SMILES string of the molecule is CNC(C(C)=O)C(C)(C)SSC[C@@H](C=O)NC. The third-order valence-corrected chi connectivity index (χ3v) is 5.78. The summed E-state index contributed by atoms with van der Waals surface area (Å²) in [6, 6.07) is -0.307. The zero-order valence-electron chi connectivity index (χ0n) is 11.1. The fraction of sp³-hybridized carbons (Fsp3) is 0.818. The van der Waals surface area contributed by atoms with Crippen LogP contribution >= 0.6 is 21.6 Å². The van der Waals surface area contributed by atoms with Gasteiger partial charge in [0.15, 0.2) is 0 Å². The highest BCUT2D eigenvalue weighted by Gasteiger charge is 2.32. The summed E-state index contributed by atoms with van der Waals surface area (Å²) in [5, 5.41) is 5.96. The van der Waals surface area contributed by atoms with Crippen LogP contribution in [0.25, 0.3) is 0 Å². The predicted molar refractivity (Wildman–Crippen MR) is 76.6 cm³/mol. The van der Waals surface area contributed by atoms with Crippen molar-refractivity contribution >= 4 is 33.7 Å². The maximum absolute atomic E-state index is 11.5. The number of nitrogens with one attached hydrogen (secondary N) is 2. The first kappa shape index (κ1) is 17.0. The van der Waals surface area contributed by atoms with Gasteiger partial charge < -0.3 is 15.4 Å². The summed E-state index contributed by atoms with van der Waals surface area (Å²) in [7, 11) is 6.80. The molecule has 2 atom stereocenters. The van der Waals surface area contributed by atoms with Gasteiger partial charge in [-0.25, -0.2) is 0 Å². The number of likely N-dealkylation sites (N-methyl/N-ethyl adjacent to an activating group) is 2. The van der Waals surface area contributed by atoms with Crippen molar-refractivity contribution in [1.82, 2.24) is 10.6 Å². The second-order valence-electron chi connectivity index (χ2n) is 4.33. The van der Waals surface area contributed by atoms with E-state index in [-0.39, 0.29) is 22.6 Å². The molecule has 4 nitrogen and oxygen atoms in total. The molecule has 0 aliphatic rings. The average Bonchev–Trinajstić information content (AvgIpc) is 2.24. The minimum Gasteiger partial charge on any atom is -0.310 e. The first-order valence-corrected chi connectivity index (χ1v) is 7.81. The van der Waals surface area contributed by atoms with E-state index in [0.29, 0.717) is 5.75 Å². The molecular weight excluding hydrogens is 256 g/mol. The second-order valence-corrected chi connectivity index (χ2v) is 7.33. The van der Waals surface area contributed by atoms with Gasteiger partial charge in [0.05, 0.1) is 12.1 Å². The predicted octanol–water partition coefficient (Wildman–Crippen LogP) is 1.11. The van der Waals surface area contributed by atoms with Crippen LogP contribution in [0.5, 0.6) is 0 Å². The van der Waals surface area contributed by atoms with E-state index in [9.17, 15) is 9.59 Å². The van der Waals surface area contributed by atoms with Gasteiger partial charge in [0.2, 0.25) is 0 Å². The lowest BCUT2D eigenvalue weighted by Crippen LogP contribution is -2.47. The Labute approximate surface area is 111 Å². The van der Waals surface area contributed by atoms with Gasteiger partial charge in [-0.2, -0.15) is 0 Å². The van der Waals surface area contributed by atoms with Gasteiger partial charge >= 0.3 is 0 Å². The Morgan fingerprint density at radius 2 is 1.94 bits per heavy atom. The summed E-state index contributed by atoms with van der Waals surface area (Å²) in [4.78, 5) is 22.1. The minimum absolute atomic E-state index is 0.131. The van der Waals surface area contributed by atoms with Crippen LogP contribution in [0.15, 0.2) is 0 Å². The Kier molecular flexibility index (Phi) is 8.11. The van der Waals surface area contributed by atoms with Crippen LogP contribution in [-0.4, -0.2) is 48.7 Å². The molecule has 0 saturated carbocycles. The Balaban J connectivity index is 4.25. The molecule has 17 heavy (non-hydrogen) atoms. The average molecular weight is 278 g/mol. The third-order valence-electron chi connectivity index (χ3n) is 2.45. The van der Waals surface area contributed by atoms with E-state index in [1.54, 1.807) is 42.6 Å². The van der Waals surface area contributed by atoms with Gasteiger partial charge in [0, 0.05) is 10.5 Å². The quantitative estimate of drug-likeness (QED) is 0.487. The molecule has 0 amide bonds. The van der Waals surface area contributed by atoms with Crippen LogP contribution in [0.3, 0.4) is 0 Å². The largest absolute Gasteiger partial charge is 0.310 e. The molecule has 6 heteroatoms. The number of rotatable bonds is 9. The van der Waals surface area contributed by atoms with E-state index >= 15 is 0 Å². The molecule has 0 aliphatic carbocycles. The van der Waals surface area contributed by atoms with E-state index in [1.165, 1.54) is 0 Å². The topological polar surface area (TPSA) is 58.2 Å². The van der Waals surface area contributed by atoms with Gasteiger partial charge in [-0.3, -0.25) is 4.79 Å². The number of hydrogen-bond donors (Lipinski definition) is 2. The third kappa shape index (κ3) is 5.90. The zero-order valence-corrected chi connectivity index (χ0v) is 12.7. The Morgan fingerprint density at radius 3 is 2.29 bits per heavy atom. The lowest BCUT2D eigenvalue weighted by Gasteiger charge is -2.31. The van der Waals surface area contributed by atoms with Crippen molar-refractivity contribution in [2.24, 2.45) is 0 Å². The molecule has 0 saturated heterocycles. The van der Waals surface area contributed by atoms with Crippen molar-refractivity contribution in [1.29, 1.82) is 0 Å². The summed E-state index contributed by atoms with van der Waals surface area (Å²) in [5.74, 6) is 0.828. The van der Waals surface area contributed by atoms with Crippen molar-refractivity contribution in [3.8, 4) is 0 Å². The highest BCUT2D eigenvalue weighted by atomic mass is 33.1. The van der Waals surface area contributed by atoms with Gasteiger partial charge in [-0.05, 0) is 34.9 Å². The van der Waals surface area contributed by atoms with Gasteiger partial charge in [-0.1, -0.05) is 21.6 Å². The van der Waals surface area contributed by atoms with Crippen LogP contribution < -0.4 is 10.6 Å². The Bertz CT molecular complexity index is 260. The fourth-order valence-electron chi connectivity index (χ4n) is 1.54. The fourth-order valence-corrected chi connectivity index (χ4v) is 4.53. The Hall–Kier alpha value is -0.0400. The van der Waals surface area contributed by atoms with Crippen LogP contribution in [0.4, 0.5) is 0 Å². The van der Waals surface area contributed by atoms with Crippen LogP contribution in [0.2, 0.25) is 0 Å². The zero-order chi connectivity index (χ0) is 13.5. The highest BCUT2D eigenvalue weighted by molar-refractivity contribution is 8.77. The van der Waals surface area contributed by atoms with Gasteiger partial charge in [0.25, 0.3) is 0 Å². The van der Waals surface area contributed by atoms with Crippen molar-refractivity contribution in [3.05, 3.63) is 0 Å². The summed E-state index contributed by atoms with van der Waals surface area (Å²) >= 11 is 0. The molecule has 0 rings (SSSR count). The van der Waals surface area contributed by atoms with Gasteiger partial charge in [-0.15, -0.1) is 0 Å². The van der Waals surface area contributed by atoms with Crippen molar-refractivity contribution < 1.29 is 9.59 Å². The monoisotopic (exact) mass is 278 g/mol.